The third-order valence-corrected chi connectivity index (χ3v) is 6.89. The summed E-state index contributed by atoms with van der Waals surface area (Å²) in [6.07, 6.45) is 9.18. The Morgan fingerprint density at radius 2 is 1.86 bits per heavy atom. The van der Waals surface area contributed by atoms with Crippen LogP contribution in [0.2, 0.25) is 0 Å². The number of ether oxygens (including phenoxy) is 1. The van der Waals surface area contributed by atoms with E-state index in [-0.39, 0.29) is 30.3 Å². The standard InChI is InChI=1S/C21H18N4O4S.CH3NO2.ClH/c26-30(27,25-10-7-16-8-12-28-20(16)14-25)19-4-1-17(2-5-19)29-18-3-6-21(23-13-18)24-11-9-22-15-24;3-1-2-4;/h1-6,8-9,11-13,15H,7,10,14H2;1,4H,(H,2,3);1H. The van der Waals surface area contributed by atoms with Gasteiger partial charge in [-0.25, -0.2) is 23.9 Å². The summed E-state index contributed by atoms with van der Waals surface area (Å²) in [4.78, 5) is 17.4. The largest absolute Gasteiger partial charge is 0.468 e. The number of rotatable bonds is 6. The third-order valence-electron chi connectivity index (χ3n) is 5.03. The lowest BCUT2D eigenvalue weighted by Crippen LogP contribution is -2.35. The summed E-state index contributed by atoms with van der Waals surface area (Å²) in [7, 11) is -3.61. The van der Waals surface area contributed by atoms with Gasteiger partial charge in [-0.15, -0.1) is 12.4 Å². The van der Waals surface area contributed by atoms with E-state index in [4.69, 9.17) is 19.2 Å². The Morgan fingerprint density at radius 3 is 2.49 bits per heavy atom. The number of carbonyl (C=O) groups is 1. The van der Waals surface area contributed by atoms with Gasteiger partial charge in [-0.1, -0.05) is 0 Å². The molecule has 1 amide bonds. The molecule has 0 saturated heterocycles. The molecular weight excluding hydrogens is 498 g/mol. The summed E-state index contributed by atoms with van der Waals surface area (Å²) in [6.45, 7) is 0.680. The average molecular weight is 520 g/mol. The molecule has 0 aliphatic carbocycles. The number of imidazole rings is 1. The molecule has 0 fully saturated rings. The second-order valence-electron chi connectivity index (χ2n) is 7.10. The molecule has 3 aromatic heterocycles. The minimum Gasteiger partial charge on any atom is -0.468 e. The molecule has 5 rings (SSSR count). The lowest BCUT2D eigenvalue weighted by Gasteiger charge is -2.25. The maximum absolute atomic E-state index is 13.0. The van der Waals surface area contributed by atoms with Crippen molar-refractivity contribution in [2.45, 2.75) is 17.9 Å². The van der Waals surface area contributed by atoms with Crippen molar-refractivity contribution in [1.29, 1.82) is 0 Å². The number of fused-ring (bicyclic) bond motifs is 1. The van der Waals surface area contributed by atoms with E-state index in [9.17, 15) is 8.42 Å². The predicted molar refractivity (Wildman–Crippen MR) is 126 cm³/mol. The van der Waals surface area contributed by atoms with Crippen LogP contribution in [0.4, 0.5) is 0 Å². The van der Waals surface area contributed by atoms with Crippen LogP contribution in [0, 0.1) is 0 Å². The van der Waals surface area contributed by atoms with Gasteiger partial charge in [0.15, 0.2) is 0 Å². The molecule has 11 nitrogen and oxygen atoms in total. The van der Waals surface area contributed by atoms with Crippen molar-refractivity contribution in [3.63, 3.8) is 0 Å². The number of carbonyl (C=O) groups excluding carboxylic acids is 1. The fourth-order valence-corrected chi connectivity index (χ4v) is 4.76. The highest BCUT2D eigenvalue weighted by Gasteiger charge is 2.29. The molecule has 4 heterocycles. The predicted octanol–water partition coefficient (Wildman–Crippen LogP) is 2.94. The molecule has 1 aliphatic heterocycles. The molecule has 0 bridgehead atoms. The SMILES string of the molecule is Cl.O=CNO.O=S(=O)(c1ccc(Oc2ccc(-n3ccnc3)nc2)cc1)N1CCc2ccoc2C1. The summed E-state index contributed by atoms with van der Waals surface area (Å²) >= 11 is 0. The highest BCUT2D eigenvalue weighted by molar-refractivity contribution is 7.89. The summed E-state index contributed by atoms with van der Waals surface area (Å²) < 4.78 is 40.3. The van der Waals surface area contributed by atoms with Gasteiger partial charge in [0.25, 0.3) is 0 Å². The number of nitrogens with zero attached hydrogens (tertiary/aromatic N) is 4. The van der Waals surface area contributed by atoms with E-state index in [1.807, 2.05) is 12.1 Å². The number of furan rings is 1. The van der Waals surface area contributed by atoms with E-state index in [0.717, 1.165) is 11.4 Å². The van der Waals surface area contributed by atoms with E-state index in [2.05, 4.69) is 9.97 Å². The van der Waals surface area contributed by atoms with Crippen molar-refractivity contribution in [2.75, 3.05) is 6.54 Å². The number of benzene rings is 1. The van der Waals surface area contributed by atoms with E-state index in [0.29, 0.717) is 30.2 Å². The molecule has 0 atom stereocenters. The van der Waals surface area contributed by atoms with Gasteiger partial charge in [-0.2, -0.15) is 4.31 Å². The number of nitrogens with one attached hydrogen (secondary N) is 1. The van der Waals surface area contributed by atoms with Crippen LogP contribution in [0.25, 0.3) is 5.82 Å². The second-order valence-corrected chi connectivity index (χ2v) is 9.04. The fourth-order valence-electron chi connectivity index (χ4n) is 3.36. The Bertz CT molecular complexity index is 1330. The van der Waals surface area contributed by atoms with Crippen molar-refractivity contribution in [2.24, 2.45) is 0 Å². The minimum absolute atomic E-state index is 0. The highest BCUT2D eigenvalue weighted by Crippen LogP contribution is 2.28. The molecule has 0 saturated carbocycles. The normalized spacial score (nSPS) is 12.9. The number of sulfonamides is 1. The molecule has 35 heavy (non-hydrogen) atoms. The van der Waals surface area contributed by atoms with E-state index in [1.54, 1.807) is 66.1 Å². The fraction of sp³-hybridized carbons (Fsp3) is 0.136. The molecule has 0 unspecified atom stereocenters. The van der Waals surface area contributed by atoms with Gasteiger partial charge in [-0.3, -0.25) is 14.6 Å². The van der Waals surface area contributed by atoms with Gasteiger partial charge in [0.05, 0.1) is 23.9 Å². The van der Waals surface area contributed by atoms with Gasteiger partial charge in [0.2, 0.25) is 16.4 Å². The zero-order valence-corrected chi connectivity index (χ0v) is 19.9. The lowest BCUT2D eigenvalue weighted by molar-refractivity contribution is -0.116. The Morgan fingerprint density at radius 1 is 1.11 bits per heavy atom. The second kappa shape index (κ2) is 11.6. The Kier molecular flexibility index (Phi) is 8.60. The molecule has 2 N–H and O–H groups in total. The van der Waals surface area contributed by atoms with E-state index < -0.39 is 10.0 Å². The first-order valence-corrected chi connectivity index (χ1v) is 11.6. The average Bonchev–Trinajstić information content (AvgIpc) is 3.57. The summed E-state index contributed by atoms with van der Waals surface area (Å²) in [6, 6.07) is 11.9. The molecule has 1 aliphatic rings. The Balaban J connectivity index is 0.000000638. The highest BCUT2D eigenvalue weighted by atomic mass is 35.5. The van der Waals surface area contributed by atoms with Gasteiger partial charge in [0, 0.05) is 18.9 Å². The van der Waals surface area contributed by atoms with Crippen LogP contribution in [0.3, 0.4) is 0 Å². The van der Waals surface area contributed by atoms with Gasteiger partial charge < -0.3 is 9.15 Å². The number of hydrogen-bond acceptors (Lipinski definition) is 8. The molecule has 13 heteroatoms. The van der Waals surface area contributed by atoms with Gasteiger partial charge in [-0.05, 0) is 54.4 Å². The number of hydrogen-bond donors (Lipinski definition) is 2. The zero-order valence-electron chi connectivity index (χ0n) is 18.2. The number of pyridine rings is 1. The van der Waals surface area contributed by atoms with Crippen LogP contribution in [0.15, 0.2) is 83.0 Å². The number of amides is 1. The maximum atomic E-state index is 13.0. The molecule has 0 radical (unpaired) electrons. The van der Waals surface area contributed by atoms with Crippen molar-refractivity contribution >= 4 is 28.8 Å². The summed E-state index contributed by atoms with van der Waals surface area (Å²) in [5, 5.41) is 7.26. The molecule has 4 aromatic rings. The first kappa shape index (κ1) is 25.9. The van der Waals surface area contributed by atoms with Crippen molar-refractivity contribution in [3.05, 3.63) is 85.0 Å². The van der Waals surface area contributed by atoms with Crippen LogP contribution < -0.4 is 10.2 Å². The smallest absolute Gasteiger partial charge is 0.243 e. The first-order valence-electron chi connectivity index (χ1n) is 10.1. The Labute approximate surface area is 207 Å². The van der Waals surface area contributed by atoms with Gasteiger partial charge in [0.1, 0.15) is 29.4 Å². The van der Waals surface area contributed by atoms with Crippen molar-refractivity contribution in [3.8, 4) is 17.3 Å². The maximum Gasteiger partial charge on any atom is 0.243 e. The minimum atomic E-state index is -3.61. The lowest BCUT2D eigenvalue weighted by atomic mass is 10.1. The van der Waals surface area contributed by atoms with Crippen LogP contribution in [0.5, 0.6) is 11.5 Å². The number of aromatic nitrogens is 3. The van der Waals surface area contributed by atoms with Crippen LogP contribution >= 0.6 is 12.4 Å². The summed E-state index contributed by atoms with van der Waals surface area (Å²) in [5.41, 5.74) is 2.32. The van der Waals surface area contributed by atoms with E-state index >= 15 is 0 Å². The molecular formula is C22H22ClN5O6S. The molecule has 1 aromatic carbocycles. The number of hydroxylamine groups is 1. The van der Waals surface area contributed by atoms with Crippen LogP contribution in [-0.4, -0.2) is 45.4 Å². The monoisotopic (exact) mass is 519 g/mol. The number of halogens is 1. The Hall–Kier alpha value is -3.71. The zero-order chi connectivity index (χ0) is 24.0. The summed E-state index contributed by atoms with van der Waals surface area (Å²) in [5.74, 6) is 2.51. The quantitative estimate of drug-likeness (QED) is 0.225. The van der Waals surface area contributed by atoms with Crippen molar-refractivity contribution in [1.82, 2.24) is 24.3 Å². The van der Waals surface area contributed by atoms with E-state index in [1.165, 1.54) is 9.79 Å². The van der Waals surface area contributed by atoms with Crippen LogP contribution in [-0.2, 0) is 27.8 Å². The molecule has 184 valence electrons. The van der Waals surface area contributed by atoms with Crippen molar-refractivity contribution < 1.29 is 27.6 Å². The third kappa shape index (κ3) is 6.05. The van der Waals surface area contributed by atoms with Crippen LogP contribution in [0.1, 0.15) is 11.3 Å². The topological polar surface area (TPSA) is 140 Å². The molecule has 0 spiro atoms. The first-order chi connectivity index (χ1) is 16.5. The van der Waals surface area contributed by atoms with Gasteiger partial charge >= 0.3 is 0 Å².